The van der Waals surface area contributed by atoms with E-state index in [1.165, 1.54) is 0 Å². The molecule has 0 radical (unpaired) electrons. The number of nitrogens with zero attached hydrogens (tertiary/aromatic N) is 1. The van der Waals surface area contributed by atoms with Gasteiger partial charge < -0.3 is 9.29 Å². The van der Waals surface area contributed by atoms with Gasteiger partial charge in [0.15, 0.2) is 6.54 Å². The maximum atomic E-state index is 11.0. The molecule has 0 unspecified atom stereocenters. The number of rotatable bonds is 8. The normalized spacial score (nSPS) is 12.8. The molecule has 3 rings (SSSR count). The number of allylic oxidation sites excluding steroid dienone is 1. The fourth-order valence-electron chi connectivity index (χ4n) is 3.17. The Morgan fingerprint density at radius 1 is 1.22 bits per heavy atom. The standard InChI is InChI=1S/C20H23NO4S2/c1-3-16(25-4-2)14-19-21(12-7-13-27(22,23)24)20-17-9-6-5-8-15(17)10-11-18(20)26-19/h5-6,8-11,14H,3-4,7,12-13H2,1-2H3. The van der Waals surface area contributed by atoms with Gasteiger partial charge in [0.1, 0.15) is 10.5 Å². The van der Waals surface area contributed by atoms with Crippen LogP contribution in [0.15, 0.2) is 42.2 Å². The number of fused-ring (bicyclic) bond motifs is 3. The van der Waals surface area contributed by atoms with E-state index in [-0.39, 0.29) is 12.2 Å². The summed E-state index contributed by atoms with van der Waals surface area (Å²) in [5.41, 5.74) is 1.07. The molecule has 0 fully saturated rings. The van der Waals surface area contributed by atoms with E-state index in [2.05, 4.69) is 28.8 Å². The molecular weight excluding hydrogens is 382 g/mol. The molecule has 0 N–H and O–H groups in total. The van der Waals surface area contributed by atoms with Crippen molar-refractivity contribution in [3.05, 3.63) is 47.2 Å². The Morgan fingerprint density at radius 3 is 2.70 bits per heavy atom. The van der Waals surface area contributed by atoms with Crippen LogP contribution in [-0.4, -0.2) is 25.3 Å². The minimum Gasteiger partial charge on any atom is -0.748 e. The molecule has 5 nitrogen and oxygen atoms in total. The smallest absolute Gasteiger partial charge is 0.266 e. The number of hydrogen-bond donors (Lipinski definition) is 0. The maximum Gasteiger partial charge on any atom is 0.266 e. The average Bonchev–Trinajstić information content (AvgIpc) is 2.98. The molecule has 1 aromatic heterocycles. The quantitative estimate of drug-likeness (QED) is 0.322. The predicted octanol–water partition coefficient (Wildman–Crippen LogP) is 4.06. The van der Waals surface area contributed by atoms with Gasteiger partial charge in [-0.05, 0) is 24.4 Å². The highest BCUT2D eigenvalue weighted by atomic mass is 32.2. The zero-order valence-corrected chi connectivity index (χ0v) is 17.1. The van der Waals surface area contributed by atoms with Crippen LogP contribution in [0.2, 0.25) is 0 Å². The molecule has 0 amide bonds. The van der Waals surface area contributed by atoms with E-state index >= 15 is 0 Å². The molecule has 0 atom stereocenters. The molecule has 0 spiro atoms. The lowest BCUT2D eigenvalue weighted by molar-refractivity contribution is -0.667. The molecule has 3 aromatic rings. The first kappa shape index (κ1) is 19.8. The topological polar surface area (TPSA) is 70.3 Å². The van der Waals surface area contributed by atoms with Gasteiger partial charge in [-0.1, -0.05) is 42.5 Å². The fourth-order valence-corrected chi connectivity index (χ4v) is 4.82. The predicted molar refractivity (Wildman–Crippen MR) is 109 cm³/mol. The summed E-state index contributed by atoms with van der Waals surface area (Å²) in [6.45, 7) is 5.06. The van der Waals surface area contributed by atoms with Crippen molar-refractivity contribution in [2.75, 3.05) is 12.4 Å². The summed E-state index contributed by atoms with van der Waals surface area (Å²) in [7, 11) is -4.22. The molecule has 0 aliphatic rings. The Bertz CT molecular complexity index is 1080. The van der Waals surface area contributed by atoms with Gasteiger partial charge in [0.2, 0.25) is 5.52 Å². The average molecular weight is 406 g/mol. The Balaban J connectivity index is 2.15. The van der Waals surface area contributed by atoms with Crippen molar-refractivity contribution in [1.29, 1.82) is 0 Å². The number of thiazole rings is 1. The van der Waals surface area contributed by atoms with E-state index in [0.29, 0.717) is 13.2 Å². The van der Waals surface area contributed by atoms with Crippen molar-refractivity contribution in [3.63, 3.8) is 0 Å². The summed E-state index contributed by atoms with van der Waals surface area (Å²) in [6.07, 6.45) is 3.08. The van der Waals surface area contributed by atoms with Crippen LogP contribution >= 0.6 is 11.3 Å². The van der Waals surface area contributed by atoms with Crippen LogP contribution in [0.4, 0.5) is 0 Å². The van der Waals surface area contributed by atoms with Crippen molar-refractivity contribution in [1.82, 2.24) is 0 Å². The van der Waals surface area contributed by atoms with Gasteiger partial charge in [0, 0.05) is 18.6 Å². The van der Waals surface area contributed by atoms with Crippen LogP contribution in [-0.2, 0) is 21.4 Å². The zero-order chi connectivity index (χ0) is 19.4. The van der Waals surface area contributed by atoms with E-state index in [0.717, 1.165) is 38.2 Å². The van der Waals surface area contributed by atoms with E-state index in [4.69, 9.17) is 4.74 Å². The lowest BCUT2D eigenvalue weighted by atomic mass is 10.1. The van der Waals surface area contributed by atoms with Crippen LogP contribution in [0.5, 0.6) is 0 Å². The molecule has 0 saturated heterocycles. The first-order valence-corrected chi connectivity index (χ1v) is 11.4. The van der Waals surface area contributed by atoms with Gasteiger partial charge in [-0.15, -0.1) is 0 Å². The lowest BCUT2D eigenvalue weighted by Crippen LogP contribution is -2.36. The number of aromatic nitrogens is 1. The van der Waals surface area contributed by atoms with Gasteiger partial charge in [0.05, 0.1) is 28.2 Å². The largest absolute Gasteiger partial charge is 0.748 e. The third-order valence-electron chi connectivity index (χ3n) is 4.35. The van der Waals surface area contributed by atoms with Gasteiger partial charge in [-0.2, -0.15) is 4.57 Å². The molecule has 1 heterocycles. The fraction of sp³-hybridized carbons (Fsp3) is 0.350. The van der Waals surface area contributed by atoms with Crippen molar-refractivity contribution in [3.8, 4) is 0 Å². The van der Waals surface area contributed by atoms with Gasteiger partial charge >= 0.3 is 0 Å². The van der Waals surface area contributed by atoms with E-state index in [9.17, 15) is 13.0 Å². The van der Waals surface area contributed by atoms with Gasteiger partial charge in [0.25, 0.3) is 5.01 Å². The first-order chi connectivity index (χ1) is 12.9. The van der Waals surface area contributed by atoms with Gasteiger partial charge in [-0.3, -0.25) is 0 Å². The van der Waals surface area contributed by atoms with Crippen molar-refractivity contribution in [2.24, 2.45) is 0 Å². The van der Waals surface area contributed by atoms with Crippen LogP contribution in [0.3, 0.4) is 0 Å². The van der Waals surface area contributed by atoms with Crippen molar-refractivity contribution in [2.45, 2.75) is 33.2 Å². The number of ether oxygens (including phenoxy) is 1. The van der Waals surface area contributed by atoms with Crippen LogP contribution in [0, 0.1) is 0 Å². The Hall–Kier alpha value is -1.96. The van der Waals surface area contributed by atoms with Crippen molar-refractivity contribution >= 4 is 48.5 Å². The number of benzene rings is 2. The van der Waals surface area contributed by atoms with Crippen LogP contribution < -0.4 is 4.57 Å². The molecule has 7 heteroatoms. The second kappa shape index (κ2) is 8.37. The first-order valence-electron chi connectivity index (χ1n) is 9.04. The summed E-state index contributed by atoms with van der Waals surface area (Å²) in [5.74, 6) is 0.524. The lowest BCUT2D eigenvalue weighted by Gasteiger charge is -2.06. The van der Waals surface area contributed by atoms with Crippen molar-refractivity contribution < 1.29 is 22.3 Å². The molecule has 144 valence electrons. The van der Waals surface area contributed by atoms with Crippen LogP contribution in [0.25, 0.3) is 27.1 Å². The SMILES string of the molecule is CCOC(=Cc1sc2ccc3ccccc3c2[n+]1CCCS(=O)(=O)[O-])CC. The molecule has 27 heavy (non-hydrogen) atoms. The highest BCUT2D eigenvalue weighted by Crippen LogP contribution is 2.29. The van der Waals surface area contributed by atoms with E-state index < -0.39 is 10.1 Å². The zero-order valence-electron chi connectivity index (χ0n) is 15.5. The molecule has 0 aliphatic heterocycles. The monoisotopic (exact) mass is 405 g/mol. The highest BCUT2D eigenvalue weighted by molar-refractivity contribution is 7.85. The number of aryl methyl sites for hydroxylation is 1. The van der Waals surface area contributed by atoms with E-state index in [1.807, 2.05) is 32.1 Å². The molecule has 0 saturated carbocycles. The summed E-state index contributed by atoms with van der Waals surface area (Å²) in [6, 6.07) is 12.3. The third kappa shape index (κ3) is 4.66. The van der Waals surface area contributed by atoms with Gasteiger partial charge in [-0.25, -0.2) is 8.42 Å². The minimum atomic E-state index is -4.22. The summed E-state index contributed by atoms with van der Waals surface area (Å²) in [5, 5.41) is 3.24. The Morgan fingerprint density at radius 2 is 2.00 bits per heavy atom. The maximum absolute atomic E-state index is 11.0. The summed E-state index contributed by atoms with van der Waals surface area (Å²) < 4.78 is 42.0. The molecule has 0 bridgehead atoms. The Kier molecular flexibility index (Phi) is 6.14. The molecule has 0 aliphatic carbocycles. The van der Waals surface area contributed by atoms with Crippen LogP contribution in [0.1, 0.15) is 31.7 Å². The second-order valence-corrected chi connectivity index (χ2v) is 8.82. The third-order valence-corrected chi connectivity index (χ3v) is 6.24. The number of hydrogen-bond acceptors (Lipinski definition) is 5. The molecule has 2 aromatic carbocycles. The Labute approximate surface area is 163 Å². The summed E-state index contributed by atoms with van der Waals surface area (Å²) in [4.78, 5) is 0. The molecular formula is C20H23NO4S2. The minimum absolute atomic E-state index is 0.280. The van der Waals surface area contributed by atoms with E-state index in [1.54, 1.807) is 11.3 Å². The second-order valence-electron chi connectivity index (χ2n) is 6.24. The highest BCUT2D eigenvalue weighted by Gasteiger charge is 2.22. The summed E-state index contributed by atoms with van der Waals surface area (Å²) >= 11 is 1.65.